The van der Waals surface area contributed by atoms with Gasteiger partial charge in [-0.3, -0.25) is 29.6 Å². The highest BCUT2D eigenvalue weighted by molar-refractivity contribution is 5.99. The summed E-state index contributed by atoms with van der Waals surface area (Å²) in [6.07, 6.45) is 4.85. The van der Waals surface area contributed by atoms with Crippen LogP contribution >= 0.6 is 0 Å². The molecule has 0 aliphatic carbocycles. The van der Waals surface area contributed by atoms with Gasteiger partial charge in [0.05, 0.1) is 48.1 Å². The summed E-state index contributed by atoms with van der Waals surface area (Å²) in [7, 11) is 1.61. The number of hydrogen-bond acceptors (Lipinski definition) is 7. The lowest BCUT2D eigenvalue weighted by atomic mass is 10.1. The van der Waals surface area contributed by atoms with Crippen LogP contribution in [0.4, 0.5) is 0 Å². The molecule has 0 radical (unpaired) electrons. The second kappa shape index (κ2) is 11.1. The molecule has 2 N–H and O–H groups in total. The Morgan fingerprint density at radius 3 is 2.49 bits per heavy atom. The lowest BCUT2D eigenvalue weighted by molar-refractivity contribution is 0.0950. The molecule has 0 spiro atoms. The van der Waals surface area contributed by atoms with Crippen molar-refractivity contribution in [3.05, 3.63) is 125 Å². The number of aromatic nitrogens is 5. The van der Waals surface area contributed by atoms with Gasteiger partial charge >= 0.3 is 0 Å². The fourth-order valence-electron chi connectivity index (χ4n) is 4.38. The van der Waals surface area contributed by atoms with E-state index in [-0.39, 0.29) is 12.1 Å². The van der Waals surface area contributed by atoms with Crippen LogP contribution in [0.3, 0.4) is 0 Å². The molecule has 0 saturated heterocycles. The molecule has 6 rings (SSSR count). The minimum absolute atomic E-state index is 0.0336. The number of H-pyrrole nitrogens is 1. The molecular weight excluding hydrogens is 520 g/mol. The summed E-state index contributed by atoms with van der Waals surface area (Å²) in [6.45, 7) is 0.106. The van der Waals surface area contributed by atoms with Crippen molar-refractivity contribution in [3.8, 4) is 34.3 Å². The zero-order valence-electron chi connectivity index (χ0n) is 21.9. The summed E-state index contributed by atoms with van der Waals surface area (Å²) in [5, 5.41) is 6.69. The number of carbonyl (C=O) groups is 1. The Labute approximate surface area is 234 Å². The van der Waals surface area contributed by atoms with Gasteiger partial charge in [-0.2, -0.15) is 0 Å². The number of nitrogens with zero attached hydrogens (tertiary/aromatic N) is 4. The first kappa shape index (κ1) is 25.5. The topological polar surface area (TPSA) is 124 Å². The van der Waals surface area contributed by atoms with Gasteiger partial charge < -0.3 is 14.8 Å². The monoisotopic (exact) mass is 544 g/mol. The summed E-state index contributed by atoms with van der Waals surface area (Å²) in [5.74, 6) is 1.32. The Morgan fingerprint density at radius 1 is 0.902 bits per heavy atom. The van der Waals surface area contributed by atoms with E-state index in [4.69, 9.17) is 9.47 Å². The number of rotatable bonds is 8. The molecule has 4 heterocycles. The van der Waals surface area contributed by atoms with Crippen LogP contribution in [0.1, 0.15) is 16.1 Å². The van der Waals surface area contributed by atoms with Crippen molar-refractivity contribution in [2.24, 2.45) is 0 Å². The first-order valence-corrected chi connectivity index (χ1v) is 12.8. The van der Waals surface area contributed by atoms with Crippen molar-refractivity contribution in [3.63, 3.8) is 0 Å². The molecule has 0 aliphatic rings. The van der Waals surface area contributed by atoms with E-state index in [1.165, 1.54) is 4.68 Å². The third-order valence-electron chi connectivity index (χ3n) is 6.42. The van der Waals surface area contributed by atoms with E-state index in [0.29, 0.717) is 40.0 Å². The van der Waals surface area contributed by atoms with E-state index in [2.05, 4.69) is 25.4 Å². The van der Waals surface area contributed by atoms with E-state index in [1.807, 2.05) is 36.4 Å². The van der Waals surface area contributed by atoms with Gasteiger partial charge in [-0.15, -0.1) is 0 Å². The Kier molecular flexibility index (Phi) is 6.93. The third kappa shape index (κ3) is 5.26. The first-order valence-electron chi connectivity index (χ1n) is 12.8. The smallest absolute Gasteiger partial charge is 0.284 e. The van der Waals surface area contributed by atoms with Gasteiger partial charge in [0, 0.05) is 23.8 Å². The van der Waals surface area contributed by atoms with E-state index in [1.54, 1.807) is 74.2 Å². The summed E-state index contributed by atoms with van der Waals surface area (Å²) < 4.78 is 12.7. The van der Waals surface area contributed by atoms with E-state index >= 15 is 0 Å². The van der Waals surface area contributed by atoms with Crippen LogP contribution in [0.15, 0.2) is 108 Å². The minimum atomic E-state index is -0.539. The second-order valence-corrected chi connectivity index (χ2v) is 9.02. The largest absolute Gasteiger partial charge is 0.497 e. The predicted octanol–water partition coefficient (Wildman–Crippen LogP) is 4.90. The zero-order chi connectivity index (χ0) is 28.2. The van der Waals surface area contributed by atoms with Gasteiger partial charge in [-0.05, 0) is 54.6 Å². The molecule has 1 amide bonds. The Balaban J connectivity index is 1.20. The second-order valence-electron chi connectivity index (χ2n) is 9.02. The van der Waals surface area contributed by atoms with Gasteiger partial charge in [-0.1, -0.05) is 24.3 Å². The lowest BCUT2D eigenvalue weighted by Crippen LogP contribution is -2.29. The van der Waals surface area contributed by atoms with Crippen molar-refractivity contribution < 1.29 is 14.3 Å². The number of benzene rings is 2. The molecule has 0 fully saturated rings. The van der Waals surface area contributed by atoms with Crippen molar-refractivity contribution in [2.45, 2.75) is 6.54 Å². The van der Waals surface area contributed by atoms with Crippen molar-refractivity contribution in [2.75, 3.05) is 7.11 Å². The summed E-state index contributed by atoms with van der Waals surface area (Å²) in [5.41, 5.74) is 2.24. The SMILES string of the molecule is COc1ccc2c(Oc3ccc(CNC(=O)c4c(-c5ccccn5)[nH]n(-c5ccccc5)c4=O)nc3)ccnc2c1. The van der Waals surface area contributed by atoms with E-state index in [0.717, 1.165) is 10.9 Å². The molecule has 41 heavy (non-hydrogen) atoms. The quantitative estimate of drug-likeness (QED) is 0.279. The number of nitrogens with one attached hydrogen (secondary N) is 2. The zero-order valence-corrected chi connectivity index (χ0v) is 21.9. The molecule has 4 aromatic heterocycles. The third-order valence-corrected chi connectivity index (χ3v) is 6.42. The van der Waals surface area contributed by atoms with Gasteiger partial charge in [0.1, 0.15) is 22.8 Å². The Bertz CT molecular complexity index is 1880. The fraction of sp³-hybridized carbons (Fsp3) is 0.0645. The van der Waals surface area contributed by atoms with Crippen molar-refractivity contribution in [1.82, 2.24) is 30.0 Å². The Morgan fingerprint density at radius 2 is 1.73 bits per heavy atom. The summed E-state index contributed by atoms with van der Waals surface area (Å²) >= 11 is 0. The number of para-hydroxylation sites is 1. The average molecular weight is 545 g/mol. The first-order chi connectivity index (χ1) is 20.1. The molecular formula is C31H24N6O4. The number of carbonyl (C=O) groups excluding carboxylic acids is 1. The maximum atomic E-state index is 13.4. The standard InChI is InChI=1S/C31H24N6O4/c1-40-22-12-13-24-26(17-22)33-16-14-27(24)41-23-11-10-20(34-19-23)18-35-30(38)28-29(25-9-5-6-15-32-25)36-37(31(28)39)21-7-3-2-4-8-21/h2-17,19,36H,18H2,1H3,(H,35,38). The van der Waals surface area contributed by atoms with Gasteiger partial charge in [0.15, 0.2) is 0 Å². The fourth-order valence-corrected chi connectivity index (χ4v) is 4.38. The number of aromatic amines is 1. The van der Waals surface area contributed by atoms with Gasteiger partial charge in [-0.25, -0.2) is 4.68 Å². The van der Waals surface area contributed by atoms with Crippen LogP contribution in [0.5, 0.6) is 17.2 Å². The van der Waals surface area contributed by atoms with Crippen LogP contribution in [-0.2, 0) is 6.54 Å². The van der Waals surface area contributed by atoms with Crippen molar-refractivity contribution in [1.29, 1.82) is 0 Å². The number of pyridine rings is 3. The van der Waals surface area contributed by atoms with Crippen LogP contribution in [0.2, 0.25) is 0 Å². The van der Waals surface area contributed by atoms with E-state index < -0.39 is 11.5 Å². The highest BCUT2D eigenvalue weighted by atomic mass is 16.5. The highest BCUT2D eigenvalue weighted by Gasteiger charge is 2.23. The number of hydrogen-bond donors (Lipinski definition) is 2. The maximum Gasteiger partial charge on any atom is 0.284 e. The Hall–Kier alpha value is -5.77. The average Bonchev–Trinajstić information content (AvgIpc) is 3.38. The molecule has 6 aromatic rings. The summed E-state index contributed by atoms with van der Waals surface area (Å²) in [4.78, 5) is 39.8. The molecule has 0 atom stereocenters. The molecule has 0 unspecified atom stereocenters. The number of fused-ring (bicyclic) bond motifs is 1. The lowest BCUT2D eigenvalue weighted by Gasteiger charge is -2.10. The molecule has 0 saturated carbocycles. The van der Waals surface area contributed by atoms with Crippen LogP contribution in [0, 0.1) is 0 Å². The van der Waals surface area contributed by atoms with Gasteiger partial charge in [0.2, 0.25) is 0 Å². The molecule has 0 aliphatic heterocycles. The van der Waals surface area contributed by atoms with E-state index in [9.17, 15) is 9.59 Å². The number of amides is 1. The molecule has 0 bridgehead atoms. The highest BCUT2D eigenvalue weighted by Crippen LogP contribution is 2.30. The van der Waals surface area contributed by atoms with Gasteiger partial charge in [0.25, 0.3) is 11.5 Å². The minimum Gasteiger partial charge on any atom is -0.497 e. The molecule has 10 nitrogen and oxygen atoms in total. The van der Waals surface area contributed by atoms with Crippen LogP contribution in [-0.4, -0.2) is 37.7 Å². The molecule has 10 heteroatoms. The predicted molar refractivity (Wildman–Crippen MR) is 153 cm³/mol. The maximum absolute atomic E-state index is 13.4. The number of ether oxygens (including phenoxy) is 2. The molecule has 202 valence electrons. The molecule has 2 aromatic carbocycles. The van der Waals surface area contributed by atoms with Crippen LogP contribution < -0.4 is 20.3 Å². The number of methoxy groups -OCH3 is 1. The van der Waals surface area contributed by atoms with Crippen LogP contribution in [0.25, 0.3) is 28.0 Å². The summed E-state index contributed by atoms with van der Waals surface area (Å²) in [6, 6.07) is 25.2. The van der Waals surface area contributed by atoms with Crippen molar-refractivity contribution >= 4 is 16.8 Å². The normalized spacial score (nSPS) is 10.9.